The van der Waals surface area contributed by atoms with E-state index in [2.05, 4.69) is 302 Å². The Morgan fingerprint density at radius 3 is 1.65 bits per heavy atom. The molecule has 5 nitrogen and oxygen atoms in total. The number of aromatic nitrogens is 2. The molecule has 1 aliphatic heterocycles. The number of fused-ring (bicyclic) bond motifs is 3. The summed E-state index contributed by atoms with van der Waals surface area (Å²) in [4.78, 5) is 10.1. The summed E-state index contributed by atoms with van der Waals surface area (Å²) < 4.78 is 9.67. The minimum absolute atomic E-state index is 0.0570. The topological polar surface area (TPSA) is 33.5 Å². The van der Waals surface area contributed by atoms with Gasteiger partial charge in [0, 0.05) is 68.6 Å². The molecule has 406 valence electrons. The van der Waals surface area contributed by atoms with Crippen molar-refractivity contribution in [2.75, 3.05) is 16.5 Å². The third kappa shape index (κ3) is 10.7. The Balaban J connectivity index is 1.14. The van der Waals surface area contributed by atoms with E-state index < -0.39 is 0 Å². The van der Waals surface area contributed by atoms with Gasteiger partial charge in [-0.05, 0) is 139 Å². The Bertz CT molecular complexity index is 3710. The molecule has 0 fully saturated rings. The molecule has 0 N–H and O–H groups in total. The highest BCUT2D eigenvalue weighted by Gasteiger charge is 2.35. The van der Waals surface area contributed by atoms with Crippen molar-refractivity contribution in [3.63, 3.8) is 0 Å². The summed E-state index contributed by atoms with van der Waals surface area (Å²) in [6, 6.07) is 60.9. The second-order valence-electron chi connectivity index (χ2n) is 27.1. The third-order valence-corrected chi connectivity index (χ3v) is 16.9. The number of hydrogen-bond donors (Lipinski definition) is 0. The first-order valence-electron chi connectivity index (χ1n) is 28.8. The van der Waals surface area contributed by atoms with Gasteiger partial charge in [-0.25, -0.2) is 4.98 Å². The molecule has 1 aliphatic rings. The summed E-state index contributed by atoms with van der Waals surface area (Å²) in [5.74, 6) is 3.06. The monoisotopic (exact) mass is 1040 g/mol. The van der Waals surface area contributed by atoms with E-state index in [1.54, 1.807) is 0 Å². The number of anilines is 2. The molecule has 2 aromatic heterocycles. The van der Waals surface area contributed by atoms with Gasteiger partial charge in [0.15, 0.2) is 0 Å². The lowest BCUT2D eigenvalue weighted by atomic mass is 9.75. The van der Waals surface area contributed by atoms with Crippen LogP contribution < -0.4 is 14.5 Å². The van der Waals surface area contributed by atoms with E-state index in [0.29, 0.717) is 18.5 Å². The second kappa shape index (κ2) is 20.4. The fourth-order valence-electron chi connectivity index (χ4n) is 11.7. The van der Waals surface area contributed by atoms with Gasteiger partial charge in [0.2, 0.25) is 0 Å². The maximum Gasteiger partial charge on any atom is 0.137 e. The summed E-state index contributed by atoms with van der Waals surface area (Å²) >= 11 is 0. The van der Waals surface area contributed by atoms with Crippen molar-refractivity contribution in [3.8, 4) is 28.4 Å². The second-order valence-corrected chi connectivity index (χ2v) is 27.1. The van der Waals surface area contributed by atoms with E-state index in [0.717, 1.165) is 45.0 Å². The van der Waals surface area contributed by atoms with Crippen LogP contribution in [0.15, 0.2) is 182 Å². The number of benzene rings is 7. The third-order valence-electron chi connectivity index (χ3n) is 16.9. The average Bonchev–Trinajstić information content (AvgIpc) is 4.22. The smallest absolute Gasteiger partial charge is 0.137 e. The number of rotatable bonds is 12. The maximum atomic E-state index is 7.34. The zero-order valence-corrected chi connectivity index (χ0v) is 50.3. The van der Waals surface area contributed by atoms with Crippen LogP contribution in [0.2, 0.25) is 0 Å². The van der Waals surface area contributed by atoms with E-state index in [9.17, 15) is 0 Å². The number of hydrogen-bond acceptors (Lipinski definition) is 4. The minimum Gasteiger partial charge on any atom is -0.457 e. The summed E-state index contributed by atoms with van der Waals surface area (Å²) in [5.41, 5.74) is 17.8. The number of ether oxygens (including phenoxy) is 1. The molecule has 0 saturated heterocycles. The predicted molar refractivity (Wildman–Crippen MR) is 337 cm³/mol. The van der Waals surface area contributed by atoms with Gasteiger partial charge >= 0.3 is 0 Å². The molecule has 9 aromatic rings. The Labute approximate surface area is 473 Å². The zero-order chi connectivity index (χ0) is 56.6. The van der Waals surface area contributed by atoms with Crippen LogP contribution in [0.1, 0.15) is 174 Å². The van der Waals surface area contributed by atoms with Crippen LogP contribution >= 0.6 is 0 Å². The highest BCUT2D eigenvalue weighted by molar-refractivity contribution is 6.10. The van der Waals surface area contributed by atoms with E-state index in [4.69, 9.17) is 9.72 Å². The van der Waals surface area contributed by atoms with Gasteiger partial charge in [-0.3, -0.25) is 4.57 Å². The van der Waals surface area contributed by atoms with Gasteiger partial charge in [-0.2, -0.15) is 0 Å². The zero-order valence-electron chi connectivity index (χ0n) is 50.3. The number of pyridine rings is 1. The molecule has 79 heavy (non-hydrogen) atoms. The molecule has 7 aromatic carbocycles. The van der Waals surface area contributed by atoms with E-state index >= 15 is 0 Å². The average molecular weight is 1050 g/mol. The number of allylic oxidation sites excluding steroid dienone is 1. The standard InChI is InChI=1S/C74H84N4O/c1-48(2)61-29-24-30-62(49(3)4)69(61)50-37-58(77-47-76(46-67(77)72(11,12)13)57-40-55(71(8,9)10)39-56(41-57)74(16,17)52-27-22-19-23-28-52)44-60(38-50)79-59-32-33-63-64-42-54(73(14,15)51-25-20-18-21-26-51)31-34-65(64)78(66(63)45-59)68-43-53(35-36-75-68)70(5,6)7/h18-46,48-49H,47H2,1-17H3. The molecular formula is C74H84N4O. The molecule has 0 atom stereocenters. The van der Waals surface area contributed by atoms with Gasteiger partial charge < -0.3 is 14.5 Å². The molecule has 0 radical (unpaired) electrons. The largest absolute Gasteiger partial charge is 0.457 e. The molecule has 0 bridgehead atoms. The molecule has 10 rings (SSSR count). The summed E-state index contributed by atoms with van der Waals surface area (Å²) in [6.07, 6.45) is 4.36. The van der Waals surface area contributed by atoms with Crippen molar-refractivity contribution in [2.24, 2.45) is 5.41 Å². The van der Waals surface area contributed by atoms with Crippen LogP contribution in [0.5, 0.6) is 11.5 Å². The quantitative estimate of drug-likeness (QED) is 0.122. The highest BCUT2D eigenvalue weighted by Crippen LogP contribution is 2.47. The molecule has 0 saturated carbocycles. The molecule has 3 heterocycles. The lowest BCUT2D eigenvalue weighted by Gasteiger charge is -2.33. The minimum atomic E-state index is -0.212. The van der Waals surface area contributed by atoms with E-state index in [1.165, 1.54) is 66.8 Å². The van der Waals surface area contributed by atoms with Crippen LogP contribution in [0.3, 0.4) is 0 Å². The van der Waals surface area contributed by atoms with Crippen molar-refractivity contribution < 1.29 is 4.74 Å². The normalized spacial score (nSPS) is 13.8. The molecular weight excluding hydrogens is 961 g/mol. The Hall–Kier alpha value is -7.37. The Morgan fingerprint density at radius 2 is 1.05 bits per heavy atom. The SMILES string of the molecule is CC(C)c1cccc(C(C)C)c1-c1cc(Oc2ccc3c4cc(C(C)(C)c5ccccc5)ccc4n(-c4cc(C(C)(C)C)ccn4)c3c2)cc(N2CN(c3cc(C(C)(C)C)cc(C(C)(C)c4ccccc4)c3)C=C2C(C)(C)C)c1. The van der Waals surface area contributed by atoms with Crippen molar-refractivity contribution in [1.82, 2.24) is 9.55 Å². The van der Waals surface area contributed by atoms with Gasteiger partial charge in [0.1, 0.15) is 17.3 Å². The highest BCUT2D eigenvalue weighted by atomic mass is 16.5. The maximum absolute atomic E-state index is 7.34. The Morgan fingerprint density at radius 1 is 0.443 bits per heavy atom. The van der Waals surface area contributed by atoms with Gasteiger partial charge in [0.05, 0.1) is 17.7 Å². The van der Waals surface area contributed by atoms with Crippen molar-refractivity contribution >= 4 is 33.2 Å². The molecule has 0 amide bonds. The summed E-state index contributed by atoms with van der Waals surface area (Å²) in [7, 11) is 0. The first-order chi connectivity index (χ1) is 37.2. The molecule has 0 spiro atoms. The van der Waals surface area contributed by atoms with E-state index in [-0.39, 0.29) is 27.1 Å². The molecule has 0 aliphatic carbocycles. The van der Waals surface area contributed by atoms with Crippen molar-refractivity contribution in [3.05, 3.63) is 226 Å². The lowest BCUT2D eigenvalue weighted by molar-refractivity contribution is 0.481. The van der Waals surface area contributed by atoms with Gasteiger partial charge in [-0.1, -0.05) is 209 Å². The number of nitrogens with zero attached hydrogens (tertiary/aromatic N) is 4. The van der Waals surface area contributed by atoms with Crippen LogP contribution in [0.4, 0.5) is 11.4 Å². The summed E-state index contributed by atoms with van der Waals surface area (Å²) in [5, 5.41) is 2.34. The van der Waals surface area contributed by atoms with Crippen molar-refractivity contribution in [2.45, 2.75) is 151 Å². The van der Waals surface area contributed by atoms with Gasteiger partial charge in [0.25, 0.3) is 0 Å². The predicted octanol–water partition coefficient (Wildman–Crippen LogP) is 20.3. The molecule has 5 heteroatoms. The van der Waals surface area contributed by atoms with Crippen LogP contribution in [-0.4, -0.2) is 16.2 Å². The molecule has 0 unspecified atom stereocenters. The Kier molecular flexibility index (Phi) is 14.2. The van der Waals surface area contributed by atoms with Crippen molar-refractivity contribution in [1.29, 1.82) is 0 Å². The first-order valence-corrected chi connectivity index (χ1v) is 28.8. The van der Waals surface area contributed by atoms with Gasteiger partial charge in [-0.15, -0.1) is 0 Å². The fraction of sp³-hybridized carbons (Fsp3) is 0.338. The summed E-state index contributed by atoms with van der Waals surface area (Å²) in [6.45, 7) is 40.0. The van der Waals surface area contributed by atoms with E-state index in [1.807, 2.05) is 6.20 Å². The van der Waals surface area contributed by atoms with Crippen LogP contribution in [-0.2, 0) is 21.7 Å². The fourth-order valence-corrected chi connectivity index (χ4v) is 11.7. The van der Waals surface area contributed by atoms with Crippen LogP contribution in [0, 0.1) is 5.41 Å². The first kappa shape index (κ1) is 55.0. The lowest BCUT2D eigenvalue weighted by Crippen LogP contribution is -2.31. The van der Waals surface area contributed by atoms with Crippen LogP contribution in [0.25, 0.3) is 38.8 Å².